The van der Waals surface area contributed by atoms with Crippen molar-refractivity contribution < 1.29 is 4.74 Å². The van der Waals surface area contributed by atoms with Crippen molar-refractivity contribution in [1.29, 1.82) is 0 Å². The van der Waals surface area contributed by atoms with E-state index in [-0.39, 0.29) is 0 Å². The smallest absolute Gasteiger partial charge is 0.163 e. The highest BCUT2D eigenvalue weighted by Crippen LogP contribution is 1.85. The monoisotopic (exact) mass is 162 g/mol. The van der Waals surface area contributed by atoms with Gasteiger partial charge in [0.15, 0.2) is 5.11 Å². The Morgan fingerprint density at radius 3 is 2.80 bits per heavy atom. The van der Waals surface area contributed by atoms with Crippen molar-refractivity contribution in [2.24, 2.45) is 5.73 Å². The lowest BCUT2D eigenvalue weighted by Crippen LogP contribution is -2.29. The molecule has 0 heterocycles. The number of hydrogen-bond donors (Lipinski definition) is 2. The van der Waals surface area contributed by atoms with Gasteiger partial charge in [0, 0.05) is 20.3 Å². The first-order valence-corrected chi connectivity index (χ1v) is 3.70. The summed E-state index contributed by atoms with van der Waals surface area (Å²) in [5.74, 6) is 0. The third-order valence-corrected chi connectivity index (χ3v) is 1.22. The quantitative estimate of drug-likeness (QED) is 0.449. The first kappa shape index (κ1) is 9.65. The zero-order valence-electron chi connectivity index (χ0n) is 6.22. The number of nitrogens with one attached hydrogen (secondary N) is 1. The van der Waals surface area contributed by atoms with Gasteiger partial charge in [-0.1, -0.05) is 0 Å². The summed E-state index contributed by atoms with van der Waals surface area (Å²) in [4.78, 5) is 0. The molecule has 0 aliphatic heterocycles. The molecule has 0 aromatic heterocycles. The molecule has 0 spiro atoms. The molecule has 0 amide bonds. The standard InChI is InChI=1S/C6H14N2OS/c1-9-5-3-2-4-8-6(7)10/h2-5H2,1H3,(H3,7,8,10). The van der Waals surface area contributed by atoms with Crippen LogP contribution in [0.15, 0.2) is 0 Å². The number of nitrogens with two attached hydrogens (primary N) is 1. The van der Waals surface area contributed by atoms with E-state index in [4.69, 9.17) is 10.5 Å². The van der Waals surface area contributed by atoms with E-state index in [1.165, 1.54) is 0 Å². The molecule has 3 N–H and O–H groups in total. The Kier molecular flexibility index (Phi) is 6.53. The van der Waals surface area contributed by atoms with E-state index in [0.29, 0.717) is 5.11 Å². The molecule has 0 aromatic rings. The fourth-order valence-electron chi connectivity index (χ4n) is 0.583. The van der Waals surface area contributed by atoms with Gasteiger partial charge in [-0.25, -0.2) is 0 Å². The van der Waals surface area contributed by atoms with Gasteiger partial charge in [-0.2, -0.15) is 0 Å². The Labute approximate surface area is 66.9 Å². The van der Waals surface area contributed by atoms with Crippen molar-refractivity contribution in [3.05, 3.63) is 0 Å². The average molecular weight is 162 g/mol. The Hall–Kier alpha value is -0.350. The lowest BCUT2D eigenvalue weighted by atomic mass is 10.3. The normalized spacial score (nSPS) is 9.30. The van der Waals surface area contributed by atoms with E-state index >= 15 is 0 Å². The van der Waals surface area contributed by atoms with Crippen molar-refractivity contribution in [1.82, 2.24) is 5.32 Å². The van der Waals surface area contributed by atoms with Gasteiger partial charge in [-0.05, 0) is 25.1 Å². The second-order valence-corrected chi connectivity index (χ2v) is 2.43. The number of ether oxygens (including phenoxy) is 1. The van der Waals surface area contributed by atoms with Crippen molar-refractivity contribution in [3.63, 3.8) is 0 Å². The maximum Gasteiger partial charge on any atom is 0.163 e. The second-order valence-electron chi connectivity index (χ2n) is 1.99. The summed E-state index contributed by atoms with van der Waals surface area (Å²) in [6, 6.07) is 0. The molecule has 0 atom stereocenters. The molecule has 0 radical (unpaired) electrons. The average Bonchev–Trinajstić information content (AvgIpc) is 1.87. The minimum absolute atomic E-state index is 0.373. The molecule has 0 bridgehead atoms. The van der Waals surface area contributed by atoms with Gasteiger partial charge >= 0.3 is 0 Å². The van der Waals surface area contributed by atoms with E-state index in [1.807, 2.05) is 0 Å². The molecule has 10 heavy (non-hydrogen) atoms. The van der Waals surface area contributed by atoms with Crippen LogP contribution in [0.25, 0.3) is 0 Å². The zero-order valence-corrected chi connectivity index (χ0v) is 7.04. The summed E-state index contributed by atoms with van der Waals surface area (Å²) in [7, 11) is 1.70. The first-order chi connectivity index (χ1) is 4.77. The first-order valence-electron chi connectivity index (χ1n) is 3.29. The van der Waals surface area contributed by atoms with Crippen LogP contribution in [0.1, 0.15) is 12.8 Å². The van der Waals surface area contributed by atoms with Crippen LogP contribution in [0.2, 0.25) is 0 Å². The second kappa shape index (κ2) is 6.77. The topological polar surface area (TPSA) is 47.3 Å². The highest BCUT2D eigenvalue weighted by atomic mass is 32.1. The van der Waals surface area contributed by atoms with E-state index in [9.17, 15) is 0 Å². The van der Waals surface area contributed by atoms with Gasteiger partial charge in [0.05, 0.1) is 0 Å². The van der Waals surface area contributed by atoms with Gasteiger partial charge < -0.3 is 15.8 Å². The van der Waals surface area contributed by atoms with Gasteiger partial charge in [-0.15, -0.1) is 0 Å². The predicted octanol–water partition coefficient (Wildman–Crippen LogP) is 0.246. The minimum Gasteiger partial charge on any atom is -0.385 e. The SMILES string of the molecule is COCCCCNC(N)=S. The molecule has 0 aromatic carbocycles. The summed E-state index contributed by atoms with van der Waals surface area (Å²) >= 11 is 4.61. The van der Waals surface area contributed by atoms with Crippen LogP contribution in [0.5, 0.6) is 0 Å². The number of thiocarbonyl (C=S) groups is 1. The molecule has 0 fully saturated rings. The lowest BCUT2D eigenvalue weighted by Gasteiger charge is -2.01. The van der Waals surface area contributed by atoms with Gasteiger partial charge in [0.25, 0.3) is 0 Å². The molecule has 0 aliphatic rings. The van der Waals surface area contributed by atoms with Crippen molar-refractivity contribution >= 4 is 17.3 Å². The summed E-state index contributed by atoms with van der Waals surface area (Å²) in [5, 5.41) is 3.23. The minimum atomic E-state index is 0.373. The molecule has 0 unspecified atom stereocenters. The largest absolute Gasteiger partial charge is 0.385 e. The number of methoxy groups -OCH3 is 1. The van der Waals surface area contributed by atoms with Gasteiger partial charge in [0.1, 0.15) is 0 Å². The van der Waals surface area contributed by atoms with Crippen molar-refractivity contribution in [2.75, 3.05) is 20.3 Å². The lowest BCUT2D eigenvalue weighted by molar-refractivity contribution is 0.193. The van der Waals surface area contributed by atoms with E-state index < -0.39 is 0 Å². The molecule has 0 aliphatic carbocycles. The molecule has 0 saturated carbocycles. The Morgan fingerprint density at radius 1 is 1.60 bits per heavy atom. The van der Waals surface area contributed by atoms with E-state index in [0.717, 1.165) is 26.0 Å². The highest BCUT2D eigenvalue weighted by molar-refractivity contribution is 7.80. The number of hydrogen-bond acceptors (Lipinski definition) is 2. The molecule has 60 valence electrons. The zero-order chi connectivity index (χ0) is 7.82. The summed E-state index contributed by atoms with van der Waals surface area (Å²) in [6.07, 6.45) is 2.09. The summed E-state index contributed by atoms with van der Waals surface area (Å²) in [5.41, 5.74) is 5.20. The molecular formula is C6H14N2OS. The van der Waals surface area contributed by atoms with E-state index in [2.05, 4.69) is 17.5 Å². The van der Waals surface area contributed by atoms with Crippen LogP contribution in [0.4, 0.5) is 0 Å². The molecule has 0 saturated heterocycles. The van der Waals surface area contributed by atoms with Crippen molar-refractivity contribution in [3.8, 4) is 0 Å². The van der Waals surface area contributed by atoms with Crippen LogP contribution in [-0.4, -0.2) is 25.4 Å². The maximum atomic E-state index is 5.20. The summed E-state index contributed by atoms with van der Waals surface area (Å²) in [6.45, 7) is 1.65. The van der Waals surface area contributed by atoms with Crippen LogP contribution in [-0.2, 0) is 4.74 Å². The Balaban J connectivity index is 2.84. The third kappa shape index (κ3) is 7.65. The van der Waals surface area contributed by atoms with Crippen molar-refractivity contribution in [2.45, 2.75) is 12.8 Å². The molecular weight excluding hydrogens is 148 g/mol. The van der Waals surface area contributed by atoms with E-state index in [1.54, 1.807) is 7.11 Å². The molecule has 0 rings (SSSR count). The van der Waals surface area contributed by atoms with Gasteiger partial charge in [-0.3, -0.25) is 0 Å². The van der Waals surface area contributed by atoms with Crippen LogP contribution in [0.3, 0.4) is 0 Å². The Bertz CT molecular complexity index is 97.7. The molecule has 3 nitrogen and oxygen atoms in total. The number of unbranched alkanes of at least 4 members (excludes halogenated alkanes) is 1. The third-order valence-electron chi connectivity index (χ3n) is 1.07. The van der Waals surface area contributed by atoms with Crippen LogP contribution < -0.4 is 11.1 Å². The van der Waals surface area contributed by atoms with Crippen LogP contribution >= 0.6 is 12.2 Å². The fourth-order valence-corrected chi connectivity index (χ4v) is 0.685. The fraction of sp³-hybridized carbons (Fsp3) is 0.833. The number of rotatable bonds is 5. The van der Waals surface area contributed by atoms with Crippen LogP contribution in [0, 0.1) is 0 Å². The maximum absolute atomic E-state index is 5.20. The van der Waals surface area contributed by atoms with Gasteiger partial charge in [0.2, 0.25) is 0 Å². The molecule has 4 heteroatoms. The Morgan fingerprint density at radius 2 is 2.30 bits per heavy atom. The highest BCUT2D eigenvalue weighted by Gasteiger charge is 1.87. The predicted molar refractivity (Wildman–Crippen MR) is 45.9 cm³/mol. The summed E-state index contributed by atoms with van der Waals surface area (Å²) < 4.78 is 4.86.